The molecule has 3 rings (SSSR count). The van der Waals surface area contributed by atoms with Crippen LogP contribution < -0.4 is 10.1 Å². The molecule has 0 aliphatic carbocycles. The van der Waals surface area contributed by atoms with E-state index in [1.54, 1.807) is 0 Å². The predicted octanol–water partition coefficient (Wildman–Crippen LogP) is 2.96. The maximum atomic E-state index is 9.05. The molecule has 0 radical (unpaired) electrons. The van der Waals surface area contributed by atoms with Crippen LogP contribution in [0.25, 0.3) is 0 Å². The lowest BCUT2D eigenvalue weighted by Gasteiger charge is -2.15. The highest BCUT2D eigenvalue weighted by Gasteiger charge is 2.14. The summed E-state index contributed by atoms with van der Waals surface area (Å²) in [6.07, 6.45) is 1.01. The molecular weight excluding hydrogens is 262 g/mol. The second kappa shape index (κ2) is 6.29. The molecule has 21 heavy (non-hydrogen) atoms. The van der Waals surface area contributed by atoms with Crippen LogP contribution in [0.5, 0.6) is 5.75 Å². The molecule has 3 heteroatoms. The molecule has 0 bridgehead atoms. The normalized spacial score (nSPS) is 14.6. The van der Waals surface area contributed by atoms with Gasteiger partial charge in [0.2, 0.25) is 0 Å². The molecule has 0 fully saturated rings. The Morgan fingerprint density at radius 3 is 2.67 bits per heavy atom. The van der Waals surface area contributed by atoms with E-state index in [0.29, 0.717) is 6.04 Å². The zero-order valence-corrected chi connectivity index (χ0v) is 12.3. The van der Waals surface area contributed by atoms with Crippen molar-refractivity contribution in [1.29, 1.82) is 0 Å². The van der Waals surface area contributed by atoms with Crippen molar-refractivity contribution in [3.05, 3.63) is 64.7 Å². The average molecular weight is 283 g/mol. The molecule has 2 aromatic rings. The van der Waals surface area contributed by atoms with Crippen molar-refractivity contribution in [2.24, 2.45) is 0 Å². The van der Waals surface area contributed by atoms with E-state index in [1.165, 1.54) is 16.7 Å². The topological polar surface area (TPSA) is 41.5 Å². The third-order valence-electron chi connectivity index (χ3n) is 4.03. The Kier molecular flexibility index (Phi) is 4.23. The summed E-state index contributed by atoms with van der Waals surface area (Å²) in [6.45, 7) is 3.90. The quantitative estimate of drug-likeness (QED) is 0.886. The number of aliphatic hydroxyl groups excluding tert-OH is 1. The first-order valence-corrected chi connectivity index (χ1v) is 7.44. The van der Waals surface area contributed by atoms with E-state index < -0.39 is 0 Å². The molecule has 1 aliphatic heterocycles. The number of ether oxygens (including phenoxy) is 1. The summed E-state index contributed by atoms with van der Waals surface area (Å²) >= 11 is 0. The summed E-state index contributed by atoms with van der Waals surface area (Å²) in [5.74, 6) is 1.03. The van der Waals surface area contributed by atoms with Gasteiger partial charge in [-0.25, -0.2) is 0 Å². The highest BCUT2D eigenvalue weighted by Crippen LogP contribution is 2.28. The second-order valence-corrected chi connectivity index (χ2v) is 5.54. The van der Waals surface area contributed by atoms with Crippen molar-refractivity contribution in [3.63, 3.8) is 0 Å². The molecule has 0 amide bonds. The number of rotatable bonds is 5. The number of benzene rings is 2. The Bertz CT molecular complexity index is 607. The molecule has 0 saturated heterocycles. The lowest BCUT2D eigenvalue weighted by molar-refractivity contribution is 0.282. The molecular formula is C18H21NO2. The van der Waals surface area contributed by atoms with E-state index in [4.69, 9.17) is 9.84 Å². The standard InChI is InChI=1S/C18H21NO2/c1-13(16-6-7-18-17(10-16)8-9-21-18)19-11-14-2-4-15(12-20)5-3-14/h2-7,10,13,19-20H,8-9,11-12H2,1H3. The van der Waals surface area contributed by atoms with E-state index in [1.807, 2.05) is 12.1 Å². The zero-order valence-electron chi connectivity index (χ0n) is 12.3. The summed E-state index contributed by atoms with van der Waals surface area (Å²) in [5.41, 5.74) is 4.79. The average Bonchev–Trinajstić information content (AvgIpc) is 3.00. The zero-order chi connectivity index (χ0) is 14.7. The Labute approximate surface area is 125 Å². The molecule has 0 spiro atoms. The van der Waals surface area contributed by atoms with Gasteiger partial charge in [-0.05, 0) is 35.2 Å². The minimum Gasteiger partial charge on any atom is -0.493 e. The smallest absolute Gasteiger partial charge is 0.122 e. The third-order valence-corrected chi connectivity index (χ3v) is 4.03. The van der Waals surface area contributed by atoms with Crippen LogP contribution in [-0.2, 0) is 19.6 Å². The molecule has 110 valence electrons. The summed E-state index contributed by atoms with van der Waals surface area (Å²) in [7, 11) is 0. The van der Waals surface area contributed by atoms with E-state index >= 15 is 0 Å². The molecule has 3 nitrogen and oxygen atoms in total. The van der Waals surface area contributed by atoms with Crippen molar-refractivity contribution >= 4 is 0 Å². The Morgan fingerprint density at radius 1 is 1.14 bits per heavy atom. The van der Waals surface area contributed by atoms with E-state index in [9.17, 15) is 0 Å². The Morgan fingerprint density at radius 2 is 1.90 bits per heavy atom. The van der Waals surface area contributed by atoms with Gasteiger partial charge in [-0.1, -0.05) is 36.4 Å². The van der Waals surface area contributed by atoms with Crippen LogP contribution in [0.4, 0.5) is 0 Å². The minimum absolute atomic E-state index is 0.0985. The van der Waals surface area contributed by atoms with Crippen LogP contribution in [0.2, 0.25) is 0 Å². The SMILES string of the molecule is CC(NCc1ccc(CO)cc1)c1ccc2c(c1)CCO2. The minimum atomic E-state index is 0.0985. The highest BCUT2D eigenvalue weighted by molar-refractivity contribution is 5.40. The van der Waals surface area contributed by atoms with Crippen molar-refractivity contribution in [2.45, 2.75) is 32.5 Å². The van der Waals surface area contributed by atoms with Crippen molar-refractivity contribution in [1.82, 2.24) is 5.32 Å². The highest BCUT2D eigenvalue weighted by atomic mass is 16.5. The van der Waals surface area contributed by atoms with Gasteiger partial charge in [0, 0.05) is 19.0 Å². The molecule has 1 unspecified atom stereocenters. The summed E-state index contributed by atoms with van der Waals surface area (Å²) in [4.78, 5) is 0. The maximum absolute atomic E-state index is 9.05. The Balaban J connectivity index is 1.61. The van der Waals surface area contributed by atoms with Gasteiger partial charge >= 0.3 is 0 Å². The number of fused-ring (bicyclic) bond motifs is 1. The van der Waals surface area contributed by atoms with Gasteiger partial charge in [-0.15, -0.1) is 0 Å². The lowest BCUT2D eigenvalue weighted by atomic mass is 10.0. The van der Waals surface area contributed by atoms with Gasteiger partial charge in [0.05, 0.1) is 13.2 Å². The van der Waals surface area contributed by atoms with Crippen LogP contribution in [-0.4, -0.2) is 11.7 Å². The fourth-order valence-electron chi connectivity index (χ4n) is 2.63. The third kappa shape index (κ3) is 3.26. The van der Waals surface area contributed by atoms with Gasteiger partial charge in [0.25, 0.3) is 0 Å². The molecule has 1 heterocycles. The Hall–Kier alpha value is -1.84. The molecule has 2 N–H and O–H groups in total. The lowest BCUT2D eigenvalue weighted by Crippen LogP contribution is -2.18. The summed E-state index contributed by atoms with van der Waals surface area (Å²) < 4.78 is 5.54. The van der Waals surface area contributed by atoms with Gasteiger partial charge in [-0.3, -0.25) is 0 Å². The maximum Gasteiger partial charge on any atom is 0.122 e. The van der Waals surface area contributed by atoms with Crippen LogP contribution >= 0.6 is 0 Å². The van der Waals surface area contributed by atoms with Crippen LogP contribution in [0.15, 0.2) is 42.5 Å². The molecule has 1 aliphatic rings. The number of hydrogen-bond donors (Lipinski definition) is 2. The summed E-state index contributed by atoms with van der Waals surface area (Å²) in [5, 5.41) is 12.6. The first-order chi connectivity index (χ1) is 10.3. The number of aliphatic hydroxyl groups is 1. The molecule has 0 saturated carbocycles. The van der Waals surface area contributed by atoms with E-state index in [-0.39, 0.29) is 6.61 Å². The number of hydrogen-bond acceptors (Lipinski definition) is 3. The molecule has 0 aromatic heterocycles. The van der Waals surface area contributed by atoms with Gasteiger partial charge in [-0.2, -0.15) is 0 Å². The summed E-state index contributed by atoms with van der Waals surface area (Å²) in [6, 6.07) is 14.8. The first-order valence-electron chi connectivity index (χ1n) is 7.44. The monoisotopic (exact) mass is 283 g/mol. The van der Waals surface area contributed by atoms with Gasteiger partial charge in [0.1, 0.15) is 5.75 Å². The van der Waals surface area contributed by atoms with Crippen molar-refractivity contribution < 1.29 is 9.84 Å². The van der Waals surface area contributed by atoms with Crippen LogP contribution in [0.1, 0.15) is 35.2 Å². The second-order valence-electron chi connectivity index (χ2n) is 5.54. The molecule has 1 atom stereocenters. The van der Waals surface area contributed by atoms with E-state index in [0.717, 1.165) is 30.9 Å². The van der Waals surface area contributed by atoms with E-state index in [2.05, 4.69) is 42.6 Å². The molecule has 2 aromatic carbocycles. The van der Waals surface area contributed by atoms with Crippen LogP contribution in [0, 0.1) is 0 Å². The fraction of sp³-hybridized carbons (Fsp3) is 0.333. The van der Waals surface area contributed by atoms with Gasteiger partial charge < -0.3 is 15.2 Å². The first kappa shape index (κ1) is 14.1. The number of nitrogens with one attached hydrogen (secondary N) is 1. The fourth-order valence-corrected chi connectivity index (χ4v) is 2.63. The predicted molar refractivity (Wildman–Crippen MR) is 83.3 cm³/mol. The van der Waals surface area contributed by atoms with Crippen molar-refractivity contribution in [2.75, 3.05) is 6.61 Å². The van der Waals surface area contributed by atoms with Crippen molar-refractivity contribution in [3.8, 4) is 5.75 Å². The largest absolute Gasteiger partial charge is 0.493 e. The van der Waals surface area contributed by atoms with Gasteiger partial charge in [0.15, 0.2) is 0 Å². The van der Waals surface area contributed by atoms with Crippen LogP contribution in [0.3, 0.4) is 0 Å².